The van der Waals surface area contributed by atoms with Gasteiger partial charge in [-0.25, -0.2) is 4.98 Å². The van der Waals surface area contributed by atoms with Gasteiger partial charge in [-0.2, -0.15) is 13.2 Å². The number of hydrogen-bond acceptors (Lipinski definition) is 2. The topological polar surface area (TPSA) is 26.0 Å². The summed E-state index contributed by atoms with van der Waals surface area (Å²) in [5.41, 5.74) is 0.491. The first-order chi connectivity index (χ1) is 8.38. The summed E-state index contributed by atoms with van der Waals surface area (Å²) in [5.74, 6) is 0.720. The van der Waals surface area contributed by atoms with Crippen LogP contribution in [0.5, 0.6) is 0 Å². The molecular formula is C13H12F3NO. The van der Waals surface area contributed by atoms with Crippen molar-refractivity contribution >= 4 is 0 Å². The fourth-order valence-corrected chi connectivity index (χ4v) is 1.52. The third-order valence-corrected chi connectivity index (χ3v) is 2.52. The standard InChI is InChI=1S/C13H12F3NO/c1-8(2)12-17-11(7-18-12)9-3-5-10(6-4-9)13(14,15)16/h3-8H,1-2H3. The zero-order chi connectivity index (χ0) is 13.3. The molecule has 5 heteroatoms. The Hall–Kier alpha value is -1.78. The normalized spacial score (nSPS) is 12.1. The molecule has 1 heterocycles. The van der Waals surface area contributed by atoms with Crippen molar-refractivity contribution < 1.29 is 17.6 Å². The van der Waals surface area contributed by atoms with Crippen molar-refractivity contribution in [1.29, 1.82) is 0 Å². The lowest BCUT2D eigenvalue weighted by Crippen LogP contribution is -2.03. The van der Waals surface area contributed by atoms with E-state index in [1.54, 1.807) is 0 Å². The molecule has 0 bridgehead atoms. The number of oxazole rings is 1. The van der Waals surface area contributed by atoms with Gasteiger partial charge in [-0.05, 0) is 12.1 Å². The van der Waals surface area contributed by atoms with Gasteiger partial charge >= 0.3 is 6.18 Å². The number of hydrogen-bond donors (Lipinski definition) is 0. The van der Waals surface area contributed by atoms with Crippen molar-refractivity contribution in [3.8, 4) is 11.3 Å². The highest BCUT2D eigenvalue weighted by Crippen LogP contribution is 2.31. The maximum absolute atomic E-state index is 12.4. The molecule has 2 rings (SSSR count). The van der Waals surface area contributed by atoms with Gasteiger partial charge in [-0.1, -0.05) is 26.0 Å². The van der Waals surface area contributed by atoms with Gasteiger partial charge in [0.25, 0.3) is 0 Å². The van der Waals surface area contributed by atoms with Crippen molar-refractivity contribution in [2.75, 3.05) is 0 Å². The van der Waals surface area contributed by atoms with Crippen molar-refractivity contribution in [2.24, 2.45) is 0 Å². The summed E-state index contributed by atoms with van der Waals surface area (Å²) < 4.78 is 42.4. The Bertz CT molecular complexity index is 526. The molecule has 0 saturated heterocycles. The van der Waals surface area contributed by atoms with E-state index < -0.39 is 11.7 Å². The summed E-state index contributed by atoms with van der Waals surface area (Å²) in [6.07, 6.45) is -2.86. The third kappa shape index (κ3) is 2.55. The molecule has 96 valence electrons. The van der Waals surface area contributed by atoms with Gasteiger partial charge in [-0.15, -0.1) is 0 Å². The number of rotatable bonds is 2. The second-order valence-electron chi connectivity index (χ2n) is 4.30. The Kier molecular flexibility index (Phi) is 3.15. The molecule has 0 aliphatic heterocycles. The maximum atomic E-state index is 12.4. The lowest BCUT2D eigenvalue weighted by atomic mass is 10.1. The minimum Gasteiger partial charge on any atom is -0.448 e. The zero-order valence-corrected chi connectivity index (χ0v) is 9.95. The number of alkyl halides is 3. The summed E-state index contributed by atoms with van der Waals surface area (Å²) in [5, 5.41) is 0. The Balaban J connectivity index is 2.29. The SMILES string of the molecule is CC(C)c1nc(-c2ccc(C(F)(F)F)cc2)co1. The fourth-order valence-electron chi connectivity index (χ4n) is 1.52. The van der Waals surface area contributed by atoms with E-state index in [1.807, 2.05) is 13.8 Å². The molecule has 18 heavy (non-hydrogen) atoms. The van der Waals surface area contributed by atoms with Gasteiger partial charge in [0, 0.05) is 11.5 Å². The van der Waals surface area contributed by atoms with Crippen LogP contribution in [0.4, 0.5) is 13.2 Å². The van der Waals surface area contributed by atoms with Crippen LogP contribution in [0.2, 0.25) is 0 Å². The van der Waals surface area contributed by atoms with Gasteiger partial charge in [0.15, 0.2) is 5.89 Å². The van der Waals surface area contributed by atoms with E-state index in [1.165, 1.54) is 18.4 Å². The molecule has 0 spiro atoms. The summed E-state index contributed by atoms with van der Waals surface area (Å²) in [6.45, 7) is 3.87. The van der Waals surface area contributed by atoms with Crippen molar-refractivity contribution in [3.05, 3.63) is 42.0 Å². The van der Waals surface area contributed by atoms with Crippen LogP contribution in [-0.4, -0.2) is 4.98 Å². The Morgan fingerprint density at radius 3 is 2.17 bits per heavy atom. The van der Waals surface area contributed by atoms with E-state index in [-0.39, 0.29) is 5.92 Å². The molecular weight excluding hydrogens is 243 g/mol. The molecule has 0 saturated carbocycles. The van der Waals surface area contributed by atoms with Crippen LogP contribution in [0.15, 0.2) is 34.9 Å². The molecule has 2 aromatic rings. The number of benzene rings is 1. The van der Waals surface area contributed by atoms with E-state index in [0.717, 1.165) is 12.1 Å². The van der Waals surface area contributed by atoms with Gasteiger partial charge in [-0.3, -0.25) is 0 Å². The van der Waals surface area contributed by atoms with E-state index in [9.17, 15) is 13.2 Å². The molecule has 1 aromatic heterocycles. The smallest absolute Gasteiger partial charge is 0.416 e. The summed E-state index contributed by atoms with van der Waals surface area (Å²) >= 11 is 0. The highest BCUT2D eigenvalue weighted by atomic mass is 19.4. The van der Waals surface area contributed by atoms with Crippen LogP contribution in [0.3, 0.4) is 0 Å². The minimum absolute atomic E-state index is 0.146. The van der Waals surface area contributed by atoms with Crippen LogP contribution in [0.25, 0.3) is 11.3 Å². The number of aromatic nitrogens is 1. The first-order valence-electron chi connectivity index (χ1n) is 5.51. The maximum Gasteiger partial charge on any atom is 0.416 e. The van der Waals surface area contributed by atoms with E-state index in [2.05, 4.69) is 4.98 Å². The van der Waals surface area contributed by atoms with E-state index in [4.69, 9.17) is 4.42 Å². The highest BCUT2D eigenvalue weighted by Gasteiger charge is 2.30. The van der Waals surface area contributed by atoms with Gasteiger partial charge in [0.2, 0.25) is 0 Å². The van der Waals surface area contributed by atoms with Crippen molar-refractivity contribution in [2.45, 2.75) is 25.9 Å². The first-order valence-corrected chi connectivity index (χ1v) is 5.51. The zero-order valence-electron chi connectivity index (χ0n) is 9.95. The molecule has 0 aliphatic rings. The van der Waals surface area contributed by atoms with Crippen LogP contribution in [0.1, 0.15) is 31.2 Å². The third-order valence-electron chi connectivity index (χ3n) is 2.52. The average Bonchev–Trinajstić information content (AvgIpc) is 2.77. The van der Waals surface area contributed by atoms with E-state index in [0.29, 0.717) is 17.1 Å². The lowest BCUT2D eigenvalue weighted by molar-refractivity contribution is -0.137. The second kappa shape index (κ2) is 4.48. The van der Waals surface area contributed by atoms with Gasteiger partial charge in [0.1, 0.15) is 12.0 Å². The molecule has 0 radical (unpaired) electrons. The Morgan fingerprint density at radius 2 is 1.72 bits per heavy atom. The predicted molar refractivity (Wildman–Crippen MR) is 61.0 cm³/mol. The summed E-state index contributed by atoms with van der Waals surface area (Å²) in [4.78, 5) is 4.22. The summed E-state index contributed by atoms with van der Waals surface area (Å²) in [7, 11) is 0. The fraction of sp³-hybridized carbons (Fsp3) is 0.308. The average molecular weight is 255 g/mol. The lowest BCUT2D eigenvalue weighted by Gasteiger charge is -2.06. The quantitative estimate of drug-likeness (QED) is 0.790. The van der Waals surface area contributed by atoms with Crippen LogP contribution >= 0.6 is 0 Å². The molecule has 0 N–H and O–H groups in total. The predicted octanol–water partition coefficient (Wildman–Crippen LogP) is 4.48. The van der Waals surface area contributed by atoms with E-state index >= 15 is 0 Å². The number of halogens is 3. The van der Waals surface area contributed by atoms with Crippen LogP contribution in [-0.2, 0) is 6.18 Å². The molecule has 0 atom stereocenters. The molecule has 0 amide bonds. The largest absolute Gasteiger partial charge is 0.448 e. The Labute approximate surface area is 102 Å². The first kappa shape index (κ1) is 12.7. The minimum atomic E-state index is -4.31. The Morgan fingerprint density at radius 1 is 1.11 bits per heavy atom. The van der Waals surface area contributed by atoms with Gasteiger partial charge < -0.3 is 4.42 Å². The van der Waals surface area contributed by atoms with Crippen LogP contribution < -0.4 is 0 Å². The van der Waals surface area contributed by atoms with Crippen LogP contribution in [0, 0.1) is 0 Å². The molecule has 0 aliphatic carbocycles. The van der Waals surface area contributed by atoms with Gasteiger partial charge in [0.05, 0.1) is 5.56 Å². The van der Waals surface area contributed by atoms with Crippen molar-refractivity contribution in [3.63, 3.8) is 0 Å². The number of nitrogens with zero attached hydrogens (tertiary/aromatic N) is 1. The highest BCUT2D eigenvalue weighted by molar-refractivity contribution is 5.58. The molecule has 0 unspecified atom stereocenters. The molecule has 2 nitrogen and oxygen atoms in total. The monoisotopic (exact) mass is 255 g/mol. The second-order valence-corrected chi connectivity index (χ2v) is 4.30. The molecule has 1 aromatic carbocycles. The van der Waals surface area contributed by atoms with Crippen molar-refractivity contribution in [1.82, 2.24) is 4.98 Å². The summed E-state index contributed by atoms with van der Waals surface area (Å²) in [6, 6.07) is 4.87. The molecule has 0 fully saturated rings.